The van der Waals surface area contributed by atoms with Crippen molar-refractivity contribution < 1.29 is 19.0 Å². The highest BCUT2D eigenvalue weighted by Crippen LogP contribution is 2.47. The highest BCUT2D eigenvalue weighted by molar-refractivity contribution is 6.00. The molecular formula is C27H27FN4O3. The van der Waals surface area contributed by atoms with E-state index in [4.69, 9.17) is 4.74 Å². The number of hydrogen-bond acceptors (Lipinski definition) is 6. The fourth-order valence-corrected chi connectivity index (χ4v) is 5.84. The number of phenols is 1. The van der Waals surface area contributed by atoms with Gasteiger partial charge in [-0.1, -0.05) is 12.6 Å². The molecule has 6 rings (SSSR count). The average Bonchev–Trinajstić information content (AvgIpc) is 2.86. The van der Waals surface area contributed by atoms with Gasteiger partial charge in [0.25, 0.3) is 0 Å². The minimum atomic E-state index is -0.475. The molecule has 7 nitrogen and oxygen atoms in total. The number of benzene rings is 2. The van der Waals surface area contributed by atoms with Crippen molar-refractivity contribution >= 4 is 22.6 Å². The fourth-order valence-electron chi connectivity index (χ4n) is 5.84. The zero-order valence-electron chi connectivity index (χ0n) is 19.5. The summed E-state index contributed by atoms with van der Waals surface area (Å²) in [6, 6.07) is 6.20. The number of aromatic nitrogens is 2. The molecule has 2 fully saturated rings. The molecule has 0 bridgehead atoms. The zero-order valence-corrected chi connectivity index (χ0v) is 19.5. The lowest BCUT2D eigenvalue weighted by molar-refractivity contribution is -0.139. The summed E-state index contributed by atoms with van der Waals surface area (Å²) in [7, 11) is 0. The molecule has 3 aliphatic heterocycles. The lowest BCUT2D eigenvalue weighted by Gasteiger charge is -2.54. The van der Waals surface area contributed by atoms with Crippen molar-refractivity contribution in [1.29, 1.82) is 0 Å². The Bertz CT molecular complexity index is 1320. The molecule has 2 saturated heterocycles. The molecule has 1 N–H and O–H groups in total. The van der Waals surface area contributed by atoms with Gasteiger partial charge in [-0.2, -0.15) is 0 Å². The Balaban J connectivity index is 1.38. The Kier molecular flexibility index (Phi) is 5.12. The van der Waals surface area contributed by atoms with E-state index in [1.807, 2.05) is 11.0 Å². The van der Waals surface area contributed by atoms with Gasteiger partial charge in [0.05, 0.1) is 23.1 Å². The van der Waals surface area contributed by atoms with Crippen LogP contribution in [0.2, 0.25) is 0 Å². The Labute approximate surface area is 202 Å². The van der Waals surface area contributed by atoms with Crippen LogP contribution in [0.4, 0.5) is 10.2 Å². The van der Waals surface area contributed by atoms with Crippen molar-refractivity contribution in [2.75, 3.05) is 37.7 Å². The monoisotopic (exact) mass is 474 g/mol. The van der Waals surface area contributed by atoms with Crippen LogP contribution in [-0.2, 0) is 11.2 Å². The van der Waals surface area contributed by atoms with E-state index in [0.717, 1.165) is 68.6 Å². The first-order valence-corrected chi connectivity index (χ1v) is 12.1. The van der Waals surface area contributed by atoms with Crippen LogP contribution >= 0.6 is 0 Å². The normalized spacial score (nSPS) is 18.7. The number of ether oxygens (including phenoxy) is 1. The van der Waals surface area contributed by atoms with Crippen LogP contribution in [0.25, 0.3) is 22.0 Å². The second-order valence-electron chi connectivity index (χ2n) is 9.79. The van der Waals surface area contributed by atoms with Gasteiger partial charge in [0.2, 0.25) is 5.91 Å². The number of likely N-dealkylation sites (tertiary alicyclic amines) is 1. The number of rotatable bonds is 3. The van der Waals surface area contributed by atoms with Gasteiger partial charge >= 0.3 is 0 Å². The molecule has 0 saturated carbocycles. The maximum atomic E-state index is 14.8. The van der Waals surface area contributed by atoms with Gasteiger partial charge in [0.1, 0.15) is 29.5 Å². The summed E-state index contributed by atoms with van der Waals surface area (Å²) in [6.45, 7) is 7.37. The number of hydrogen-bond donors (Lipinski definition) is 1. The number of anilines is 1. The predicted octanol–water partition coefficient (Wildman–Crippen LogP) is 4.08. The van der Waals surface area contributed by atoms with Crippen molar-refractivity contribution in [1.82, 2.24) is 14.9 Å². The molecule has 0 atom stereocenters. The van der Waals surface area contributed by atoms with Gasteiger partial charge in [-0.25, -0.2) is 14.4 Å². The second-order valence-corrected chi connectivity index (χ2v) is 9.79. The maximum Gasteiger partial charge on any atom is 0.245 e. The van der Waals surface area contributed by atoms with Gasteiger partial charge in [-0.05, 0) is 55.5 Å². The Hall–Kier alpha value is -3.68. The molecule has 8 heteroatoms. The van der Waals surface area contributed by atoms with E-state index in [2.05, 4.69) is 21.4 Å². The molecule has 3 aromatic rings. The van der Waals surface area contributed by atoms with Crippen LogP contribution in [0.3, 0.4) is 0 Å². The third-order valence-electron chi connectivity index (χ3n) is 7.70. The maximum absolute atomic E-state index is 14.8. The van der Waals surface area contributed by atoms with E-state index in [9.17, 15) is 14.3 Å². The van der Waals surface area contributed by atoms with Crippen LogP contribution < -0.4 is 9.64 Å². The predicted molar refractivity (Wildman–Crippen MR) is 131 cm³/mol. The smallest absolute Gasteiger partial charge is 0.245 e. The van der Waals surface area contributed by atoms with Crippen molar-refractivity contribution in [2.45, 2.75) is 25.7 Å². The number of carbonyl (C=O) groups excluding carboxylic acids is 1. The molecule has 1 spiro atoms. The number of nitrogens with zero attached hydrogens (tertiary/aromatic N) is 4. The first-order chi connectivity index (χ1) is 17.0. The summed E-state index contributed by atoms with van der Waals surface area (Å²) < 4.78 is 21.0. The number of phenolic OH excluding ortho intramolecular Hbond substituents is 1. The van der Waals surface area contributed by atoms with E-state index in [1.165, 1.54) is 30.6 Å². The highest BCUT2D eigenvalue weighted by atomic mass is 19.1. The molecule has 3 aliphatic rings. The van der Waals surface area contributed by atoms with Crippen LogP contribution in [-0.4, -0.2) is 58.7 Å². The molecule has 35 heavy (non-hydrogen) atoms. The Morgan fingerprint density at radius 3 is 2.77 bits per heavy atom. The summed E-state index contributed by atoms with van der Waals surface area (Å²) in [5.41, 5.74) is 2.52. The topological polar surface area (TPSA) is 78.8 Å². The molecular weight excluding hydrogens is 447 g/mol. The molecule has 1 amide bonds. The summed E-state index contributed by atoms with van der Waals surface area (Å²) in [5.74, 6) is 0.939. The standard InChI is InChI=1S/C27H27FN4O3/c1-2-22(34)32-14-27(15-32)8-10-31(11-9-27)26-24-20(29-16-30-26)13-18(17-5-4-12-35-25(17)24)23-19(28)6-3-7-21(23)33/h2-3,6-7,13,16,33H,1,4-5,8-12,14-15H2. The lowest BCUT2D eigenvalue weighted by atomic mass is 9.72. The van der Waals surface area contributed by atoms with Crippen molar-refractivity contribution in [3.8, 4) is 22.6 Å². The van der Waals surface area contributed by atoms with E-state index < -0.39 is 5.82 Å². The molecule has 180 valence electrons. The van der Waals surface area contributed by atoms with E-state index in [-0.39, 0.29) is 22.6 Å². The second kappa shape index (κ2) is 8.22. The van der Waals surface area contributed by atoms with Crippen LogP contribution in [0.5, 0.6) is 11.5 Å². The van der Waals surface area contributed by atoms with E-state index in [0.29, 0.717) is 23.4 Å². The van der Waals surface area contributed by atoms with Gasteiger partial charge in [0.15, 0.2) is 0 Å². The Morgan fingerprint density at radius 1 is 1.23 bits per heavy atom. The minimum Gasteiger partial charge on any atom is -0.507 e. The molecule has 1 aromatic heterocycles. The van der Waals surface area contributed by atoms with Crippen LogP contribution in [0.1, 0.15) is 24.8 Å². The number of piperidine rings is 1. The van der Waals surface area contributed by atoms with Crippen LogP contribution in [0, 0.1) is 11.2 Å². The summed E-state index contributed by atoms with van der Waals surface area (Å²) in [4.78, 5) is 25.2. The number of carbonyl (C=O) groups is 1. The van der Waals surface area contributed by atoms with E-state index >= 15 is 0 Å². The molecule has 0 radical (unpaired) electrons. The van der Waals surface area contributed by atoms with Crippen molar-refractivity contribution in [3.05, 3.63) is 54.6 Å². The molecule has 4 heterocycles. The first kappa shape index (κ1) is 21.8. The summed E-state index contributed by atoms with van der Waals surface area (Å²) in [6.07, 6.45) is 6.41. The number of fused-ring (bicyclic) bond motifs is 3. The number of aromatic hydroxyl groups is 1. The van der Waals surface area contributed by atoms with Gasteiger partial charge < -0.3 is 19.6 Å². The third kappa shape index (κ3) is 3.50. The van der Waals surface area contributed by atoms with Crippen molar-refractivity contribution in [3.63, 3.8) is 0 Å². The molecule has 0 unspecified atom stereocenters. The molecule has 0 aliphatic carbocycles. The lowest BCUT2D eigenvalue weighted by Crippen LogP contribution is -2.61. The highest BCUT2D eigenvalue weighted by Gasteiger charge is 2.46. The van der Waals surface area contributed by atoms with Crippen molar-refractivity contribution in [2.24, 2.45) is 5.41 Å². The summed E-state index contributed by atoms with van der Waals surface area (Å²) >= 11 is 0. The molecule has 2 aromatic carbocycles. The zero-order chi connectivity index (χ0) is 24.2. The first-order valence-electron chi connectivity index (χ1n) is 12.1. The SMILES string of the molecule is C=CC(=O)N1CC2(CCN(c3ncnc4cc(-c5c(O)cccc5F)c5c(c34)OCCC5)CC2)C1. The third-order valence-corrected chi connectivity index (χ3v) is 7.70. The largest absolute Gasteiger partial charge is 0.507 e. The average molecular weight is 475 g/mol. The quantitative estimate of drug-likeness (QED) is 0.577. The Morgan fingerprint density at radius 2 is 2.03 bits per heavy atom. The van der Waals surface area contributed by atoms with E-state index in [1.54, 1.807) is 0 Å². The fraction of sp³-hybridized carbons (Fsp3) is 0.370. The number of halogens is 1. The van der Waals surface area contributed by atoms with Gasteiger partial charge in [-0.3, -0.25) is 4.79 Å². The minimum absolute atomic E-state index is 0.000296. The van der Waals surface area contributed by atoms with Gasteiger partial charge in [0, 0.05) is 37.2 Å². The van der Waals surface area contributed by atoms with Crippen LogP contribution in [0.15, 0.2) is 43.2 Å². The van der Waals surface area contributed by atoms with Gasteiger partial charge in [-0.15, -0.1) is 0 Å². The number of amides is 1. The summed E-state index contributed by atoms with van der Waals surface area (Å²) in [5, 5.41) is 11.3.